The molecule has 0 bridgehead atoms. The zero-order chi connectivity index (χ0) is 25.0. The number of ketones is 1. The molecular weight excluding hydrogens is 440 g/mol. The van der Waals surface area contributed by atoms with Gasteiger partial charge in [-0.2, -0.15) is 0 Å². The lowest BCUT2D eigenvalue weighted by molar-refractivity contribution is -0.175. The molecule has 6 nitrogen and oxygen atoms in total. The summed E-state index contributed by atoms with van der Waals surface area (Å²) in [7, 11) is 1.86. The van der Waals surface area contributed by atoms with Crippen molar-refractivity contribution in [2.75, 3.05) is 46.4 Å². The van der Waals surface area contributed by atoms with E-state index in [0.717, 1.165) is 64.9 Å². The zero-order valence-electron chi connectivity index (χ0n) is 22.6. The number of hydrogen-bond acceptors (Lipinski definition) is 5. The molecule has 5 aliphatic rings. The molecule has 0 aromatic carbocycles. The first-order valence-corrected chi connectivity index (χ1v) is 14.3. The molecule has 0 spiro atoms. The van der Waals surface area contributed by atoms with Crippen LogP contribution in [0.5, 0.6) is 0 Å². The van der Waals surface area contributed by atoms with Crippen LogP contribution < -0.4 is 0 Å². The molecule has 1 saturated heterocycles. The highest BCUT2D eigenvalue weighted by Gasteiger charge is 2.63. The Hall–Kier alpha value is -0.980. The number of carbonyl (C=O) groups excluding carboxylic acids is 2. The number of nitrogens with zero attached hydrogens (tertiary/aromatic N) is 2. The summed E-state index contributed by atoms with van der Waals surface area (Å²) < 4.78 is 5.90. The third-order valence-electron chi connectivity index (χ3n) is 11.7. The van der Waals surface area contributed by atoms with Crippen LogP contribution in [-0.4, -0.2) is 78.6 Å². The van der Waals surface area contributed by atoms with E-state index in [4.69, 9.17) is 4.74 Å². The topological polar surface area (TPSA) is 70.1 Å². The number of amides is 1. The lowest BCUT2D eigenvalue weighted by Gasteiger charge is -2.62. The summed E-state index contributed by atoms with van der Waals surface area (Å²) in [6.45, 7) is 10.6. The van der Waals surface area contributed by atoms with Crippen LogP contribution in [0.15, 0.2) is 0 Å². The molecule has 1 N–H and O–H groups in total. The average Bonchev–Trinajstić information content (AvgIpc) is 3.17. The molecule has 1 amide bonds. The van der Waals surface area contributed by atoms with E-state index in [0.29, 0.717) is 36.0 Å². The van der Waals surface area contributed by atoms with Crippen molar-refractivity contribution in [2.45, 2.75) is 84.2 Å². The van der Waals surface area contributed by atoms with Crippen LogP contribution in [0, 0.1) is 40.4 Å². The third-order valence-corrected chi connectivity index (χ3v) is 11.7. The maximum absolute atomic E-state index is 13.6. The molecule has 8 atom stereocenters. The molecule has 4 aliphatic carbocycles. The van der Waals surface area contributed by atoms with Gasteiger partial charge in [-0.15, -0.1) is 0 Å². The molecule has 0 aromatic heterocycles. The van der Waals surface area contributed by atoms with Crippen molar-refractivity contribution in [2.24, 2.45) is 40.4 Å². The second-order valence-corrected chi connectivity index (χ2v) is 13.4. The van der Waals surface area contributed by atoms with Gasteiger partial charge < -0.3 is 14.7 Å². The van der Waals surface area contributed by atoms with Crippen LogP contribution in [0.25, 0.3) is 0 Å². The molecule has 35 heavy (non-hydrogen) atoms. The molecule has 6 heteroatoms. The molecule has 198 valence electrons. The molecule has 0 radical (unpaired) electrons. The molecule has 1 heterocycles. The normalized spacial score (nSPS) is 46.0. The van der Waals surface area contributed by atoms with E-state index < -0.39 is 5.60 Å². The van der Waals surface area contributed by atoms with E-state index in [1.165, 1.54) is 25.7 Å². The molecular formula is C29H48N2O4. The van der Waals surface area contributed by atoms with Crippen LogP contribution >= 0.6 is 0 Å². The standard InChI is InChI=1S/C29H48N2O4/c1-20(32)31-15-13-30(14-16-31)18-26(33)25-8-7-23-22-6-5-21-17-27(2,34)11-12-29(21,19-35-4)24(22)9-10-28(23,25)3/h21-25,34H,5-19H2,1-4H3/t21-,22-,23-,24-,25+,27+,28-,29+/m0/s1. The first kappa shape index (κ1) is 25.7. The molecule has 0 aromatic rings. The van der Waals surface area contributed by atoms with Gasteiger partial charge in [-0.1, -0.05) is 6.92 Å². The SMILES string of the molecule is COC[C@]12CC[C@@](C)(O)C[C@@H]1CC[C@H]1[C@@H]3CC[C@H](C(=O)CN4CCN(C(C)=O)CC4)[C@@]3(C)CC[C@@H]12. The van der Waals surface area contributed by atoms with Crippen LogP contribution in [-0.2, 0) is 14.3 Å². The number of rotatable bonds is 5. The minimum atomic E-state index is -0.529. The molecule has 5 rings (SSSR count). The smallest absolute Gasteiger partial charge is 0.219 e. The van der Waals surface area contributed by atoms with Gasteiger partial charge in [-0.3, -0.25) is 14.5 Å². The van der Waals surface area contributed by atoms with Crippen molar-refractivity contribution in [3.05, 3.63) is 0 Å². The van der Waals surface area contributed by atoms with Crippen molar-refractivity contribution >= 4 is 11.7 Å². The summed E-state index contributed by atoms with van der Waals surface area (Å²) in [6, 6.07) is 0. The van der Waals surface area contributed by atoms with E-state index in [2.05, 4.69) is 11.8 Å². The number of aliphatic hydroxyl groups is 1. The Morgan fingerprint density at radius 3 is 2.37 bits per heavy atom. The number of carbonyl (C=O) groups is 2. The second kappa shape index (κ2) is 9.40. The van der Waals surface area contributed by atoms with E-state index in [-0.39, 0.29) is 22.7 Å². The van der Waals surface area contributed by atoms with Gasteiger partial charge in [0.25, 0.3) is 0 Å². The van der Waals surface area contributed by atoms with Crippen LogP contribution in [0.1, 0.15) is 78.6 Å². The van der Waals surface area contributed by atoms with Gasteiger partial charge >= 0.3 is 0 Å². The fourth-order valence-corrected chi connectivity index (χ4v) is 9.86. The predicted molar refractivity (Wildman–Crippen MR) is 136 cm³/mol. The van der Waals surface area contributed by atoms with Gasteiger partial charge in [0, 0.05) is 46.1 Å². The first-order chi connectivity index (χ1) is 16.6. The number of methoxy groups -OCH3 is 1. The summed E-state index contributed by atoms with van der Waals surface area (Å²) >= 11 is 0. The Kier molecular flexibility index (Phi) is 6.89. The fourth-order valence-electron chi connectivity index (χ4n) is 9.86. The van der Waals surface area contributed by atoms with Crippen molar-refractivity contribution < 1.29 is 19.4 Å². The predicted octanol–water partition coefficient (Wildman–Crippen LogP) is 3.76. The third kappa shape index (κ3) is 4.40. The first-order valence-electron chi connectivity index (χ1n) is 14.3. The van der Waals surface area contributed by atoms with Gasteiger partial charge in [0.15, 0.2) is 0 Å². The lowest BCUT2D eigenvalue weighted by atomic mass is 9.43. The Morgan fingerprint density at radius 1 is 0.943 bits per heavy atom. The number of Topliss-reactive ketones (excluding diaryl/α,β-unsaturated/α-hetero) is 1. The summed E-state index contributed by atoms with van der Waals surface area (Å²) in [4.78, 5) is 29.5. The number of fused-ring (bicyclic) bond motifs is 5. The highest BCUT2D eigenvalue weighted by atomic mass is 16.5. The molecule has 0 unspecified atom stereocenters. The van der Waals surface area contributed by atoms with Gasteiger partial charge in [0.1, 0.15) is 5.78 Å². The van der Waals surface area contributed by atoms with Crippen molar-refractivity contribution in [1.82, 2.24) is 9.80 Å². The van der Waals surface area contributed by atoms with Gasteiger partial charge in [0.05, 0.1) is 18.8 Å². The second-order valence-electron chi connectivity index (χ2n) is 13.4. The lowest BCUT2D eigenvalue weighted by Crippen LogP contribution is -2.58. The Bertz CT molecular complexity index is 821. The number of hydrogen-bond donors (Lipinski definition) is 1. The monoisotopic (exact) mass is 488 g/mol. The largest absolute Gasteiger partial charge is 0.390 e. The fraction of sp³-hybridized carbons (Fsp3) is 0.931. The number of ether oxygens (including phenoxy) is 1. The van der Waals surface area contributed by atoms with Crippen LogP contribution in [0.2, 0.25) is 0 Å². The zero-order valence-corrected chi connectivity index (χ0v) is 22.6. The molecule has 1 aliphatic heterocycles. The summed E-state index contributed by atoms with van der Waals surface area (Å²) in [5, 5.41) is 10.9. The van der Waals surface area contributed by atoms with Crippen molar-refractivity contribution in [3.8, 4) is 0 Å². The quantitative estimate of drug-likeness (QED) is 0.638. The van der Waals surface area contributed by atoms with E-state index in [1.54, 1.807) is 6.92 Å². The minimum absolute atomic E-state index is 0.126. The van der Waals surface area contributed by atoms with Crippen molar-refractivity contribution in [3.63, 3.8) is 0 Å². The van der Waals surface area contributed by atoms with Gasteiger partial charge in [0.2, 0.25) is 5.91 Å². The van der Waals surface area contributed by atoms with E-state index in [1.807, 2.05) is 18.9 Å². The Labute approximate surface area is 212 Å². The summed E-state index contributed by atoms with van der Waals surface area (Å²) in [6.07, 6.45) is 9.94. The highest BCUT2D eigenvalue weighted by Crippen LogP contribution is 2.68. The molecule has 5 fully saturated rings. The van der Waals surface area contributed by atoms with E-state index in [9.17, 15) is 14.7 Å². The maximum atomic E-state index is 13.6. The van der Waals surface area contributed by atoms with E-state index >= 15 is 0 Å². The maximum Gasteiger partial charge on any atom is 0.219 e. The average molecular weight is 489 g/mol. The van der Waals surface area contributed by atoms with Gasteiger partial charge in [-0.25, -0.2) is 0 Å². The highest BCUT2D eigenvalue weighted by molar-refractivity contribution is 5.84. The van der Waals surface area contributed by atoms with Crippen LogP contribution in [0.4, 0.5) is 0 Å². The van der Waals surface area contributed by atoms with Crippen molar-refractivity contribution in [1.29, 1.82) is 0 Å². The summed E-state index contributed by atoms with van der Waals surface area (Å²) in [5.41, 5.74) is -0.195. The number of piperazine rings is 1. The van der Waals surface area contributed by atoms with Crippen LogP contribution in [0.3, 0.4) is 0 Å². The molecule has 4 saturated carbocycles. The summed E-state index contributed by atoms with van der Waals surface area (Å²) in [5.74, 6) is 3.33. The van der Waals surface area contributed by atoms with Gasteiger partial charge in [-0.05, 0) is 99.2 Å². The minimum Gasteiger partial charge on any atom is -0.390 e. The Balaban J connectivity index is 1.28. The Morgan fingerprint density at radius 2 is 1.69 bits per heavy atom.